The minimum Gasteiger partial charge on any atom is -0.485 e. The first-order valence-corrected chi connectivity index (χ1v) is 8.55. The molecule has 4 rings (SSSR count). The summed E-state index contributed by atoms with van der Waals surface area (Å²) in [6.07, 6.45) is -4.89. The van der Waals surface area contributed by atoms with Crippen LogP contribution in [0.15, 0.2) is 24.3 Å². The van der Waals surface area contributed by atoms with Crippen molar-refractivity contribution >= 4 is 5.91 Å². The van der Waals surface area contributed by atoms with Gasteiger partial charge in [-0.3, -0.25) is 4.79 Å². The molecule has 1 aromatic heterocycles. The molecule has 0 fully saturated rings. The van der Waals surface area contributed by atoms with E-state index in [2.05, 4.69) is 15.5 Å². The number of hydrogen-bond donors (Lipinski definition) is 1. The average Bonchev–Trinajstić information content (AvgIpc) is 3.07. The zero-order valence-electron chi connectivity index (χ0n) is 14.2. The zero-order valence-corrected chi connectivity index (χ0v) is 14.2. The molecule has 7 nitrogen and oxygen atoms in total. The molecular weight excluding hydrogens is 365 g/mol. The topological polar surface area (TPSA) is 78.3 Å². The van der Waals surface area contributed by atoms with E-state index in [4.69, 9.17) is 9.47 Å². The number of halogens is 3. The van der Waals surface area contributed by atoms with Crippen LogP contribution in [0.3, 0.4) is 0 Å². The van der Waals surface area contributed by atoms with Crippen molar-refractivity contribution in [2.24, 2.45) is 5.92 Å². The highest BCUT2D eigenvalue weighted by Gasteiger charge is 2.42. The van der Waals surface area contributed by atoms with E-state index in [0.29, 0.717) is 23.1 Å². The summed E-state index contributed by atoms with van der Waals surface area (Å²) in [5, 5.41) is 10.5. The molecule has 1 aromatic carbocycles. The molecule has 10 heteroatoms. The number of fused-ring (bicyclic) bond motifs is 2. The van der Waals surface area contributed by atoms with Crippen molar-refractivity contribution in [3.8, 4) is 11.5 Å². The predicted molar refractivity (Wildman–Crippen MR) is 86.1 cm³/mol. The number of nitrogens with one attached hydrogen (secondary N) is 1. The molecule has 0 saturated carbocycles. The molecule has 0 aliphatic carbocycles. The summed E-state index contributed by atoms with van der Waals surface area (Å²) in [4.78, 5) is 12.3. The molecular formula is C17H17F3N4O3. The number of para-hydroxylation sites is 2. The molecule has 2 aliphatic rings. The molecule has 1 N–H and O–H groups in total. The highest BCUT2D eigenvalue weighted by molar-refractivity contribution is 5.81. The largest absolute Gasteiger partial charge is 0.485 e. The second-order valence-electron chi connectivity index (χ2n) is 6.50. The number of hydrogen-bond acceptors (Lipinski definition) is 5. The molecule has 2 aromatic rings. The third kappa shape index (κ3) is 3.56. The minimum atomic E-state index is -4.26. The Morgan fingerprint density at radius 2 is 2.04 bits per heavy atom. The summed E-state index contributed by atoms with van der Waals surface area (Å²) >= 11 is 0. The Hall–Kier alpha value is -2.78. The molecule has 1 amide bonds. The summed E-state index contributed by atoms with van der Waals surface area (Å²) in [7, 11) is 0. The van der Waals surface area contributed by atoms with Gasteiger partial charge in [-0.1, -0.05) is 12.1 Å². The maximum atomic E-state index is 13.0. The number of aromatic nitrogens is 3. The number of rotatable bonds is 3. The van der Waals surface area contributed by atoms with E-state index in [-0.39, 0.29) is 32.5 Å². The van der Waals surface area contributed by atoms with Crippen LogP contribution in [-0.2, 0) is 24.3 Å². The number of carbonyl (C=O) groups is 1. The van der Waals surface area contributed by atoms with E-state index >= 15 is 0 Å². The number of alkyl halides is 3. The first-order valence-electron chi connectivity index (χ1n) is 8.55. The van der Waals surface area contributed by atoms with Crippen molar-refractivity contribution in [2.75, 3.05) is 6.61 Å². The fraction of sp³-hybridized carbons (Fsp3) is 0.471. The van der Waals surface area contributed by atoms with E-state index in [0.717, 1.165) is 0 Å². The van der Waals surface area contributed by atoms with Gasteiger partial charge in [0.1, 0.15) is 12.4 Å². The van der Waals surface area contributed by atoms with Crippen LogP contribution in [-0.4, -0.2) is 39.6 Å². The van der Waals surface area contributed by atoms with E-state index in [1.54, 1.807) is 24.3 Å². The molecule has 0 radical (unpaired) electrons. The molecule has 27 heavy (non-hydrogen) atoms. The Labute approximate surface area is 152 Å². The monoisotopic (exact) mass is 382 g/mol. The molecule has 0 spiro atoms. The van der Waals surface area contributed by atoms with Crippen LogP contribution in [0.1, 0.15) is 18.1 Å². The van der Waals surface area contributed by atoms with Crippen LogP contribution in [0.5, 0.6) is 11.5 Å². The predicted octanol–water partition coefficient (Wildman–Crippen LogP) is 1.86. The Bertz CT molecular complexity index is 852. The van der Waals surface area contributed by atoms with Gasteiger partial charge in [-0.15, -0.1) is 10.2 Å². The van der Waals surface area contributed by atoms with Crippen LogP contribution in [0.25, 0.3) is 0 Å². The van der Waals surface area contributed by atoms with Crippen molar-refractivity contribution < 1.29 is 27.4 Å². The minimum absolute atomic E-state index is 0.000649. The molecule has 2 aliphatic heterocycles. The van der Waals surface area contributed by atoms with E-state index < -0.39 is 24.1 Å². The lowest BCUT2D eigenvalue weighted by atomic mass is 9.99. The van der Waals surface area contributed by atoms with E-state index in [1.807, 2.05) is 0 Å². The van der Waals surface area contributed by atoms with Crippen LogP contribution in [0.4, 0.5) is 13.2 Å². The van der Waals surface area contributed by atoms with Gasteiger partial charge in [0.15, 0.2) is 17.3 Å². The maximum absolute atomic E-state index is 13.0. The van der Waals surface area contributed by atoms with Gasteiger partial charge in [0.2, 0.25) is 6.10 Å². The summed E-state index contributed by atoms with van der Waals surface area (Å²) < 4.78 is 51.5. The lowest BCUT2D eigenvalue weighted by Gasteiger charge is -2.27. The zero-order chi connectivity index (χ0) is 19.0. The molecule has 0 bridgehead atoms. The van der Waals surface area contributed by atoms with Crippen molar-refractivity contribution in [3.63, 3.8) is 0 Å². The lowest BCUT2D eigenvalue weighted by Crippen LogP contribution is -2.44. The van der Waals surface area contributed by atoms with Crippen molar-refractivity contribution in [3.05, 3.63) is 35.9 Å². The molecule has 3 heterocycles. The number of carbonyl (C=O) groups excluding carboxylic acids is 1. The van der Waals surface area contributed by atoms with Crippen LogP contribution < -0.4 is 14.8 Å². The third-order valence-corrected chi connectivity index (χ3v) is 4.71. The highest BCUT2D eigenvalue weighted by atomic mass is 19.4. The Kier molecular flexibility index (Phi) is 4.40. The first-order chi connectivity index (χ1) is 12.9. The van der Waals surface area contributed by atoms with Crippen molar-refractivity contribution in [2.45, 2.75) is 38.2 Å². The third-order valence-electron chi connectivity index (χ3n) is 4.71. The summed E-state index contributed by atoms with van der Waals surface area (Å²) in [5.74, 6) is -0.0227. The Morgan fingerprint density at radius 1 is 1.26 bits per heavy atom. The summed E-state index contributed by atoms with van der Waals surface area (Å²) in [5.41, 5.74) is 0. The van der Waals surface area contributed by atoms with Gasteiger partial charge in [0, 0.05) is 13.0 Å². The summed E-state index contributed by atoms with van der Waals surface area (Å²) in [6.45, 7) is -0.206. The number of amides is 1. The second-order valence-corrected chi connectivity index (χ2v) is 6.50. The fourth-order valence-corrected chi connectivity index (χ4v) is 3.21. The normalized spacial score (nSPS) is 21.4. The van der Waals surface area contributed by atoms with Crippen LogP contribution in [0, 0.1) is 5.92 Å². The van der Waals surface area contributed by atoms with Gasteiger partial charge in [0.25, 0.3) is 5.91 Å². The Morgan fingerprint density at radius 3 is 2.81 bits per heavy atom. The van der Waals surface area contributed by atoms with Crippen LogP contribution in [0.2, 0.25) is 0 Å². The molecule has 144 valence electrons. The number of ether oxygens (including phenoxy) is 2. The van der Waals surface area contributed by atoms with Crippen molar-refractivity contribution in [1.82, 2.24) is 20.1 Å². The average molecular weight is 382 g/mol. The quantitative estimate of drug-likeness (QED) is 0.877. The first kappa shape index (κ1) is 17.6. The summed E-state index contributed by atoms with van der Waals surface area (Å²) in [6, 6.07) is 7.00. The smallest absolute Gasteiger partial charge is 0.393 e. The molecule has 0 saturated heterocycles. The standard InChI is InChI=1S/C17H17F3N4O3/c18-17(19,20)10-5-6-14-22-23-15(24(14)8-10)7-21-16(25)13-9-26-11-3-1-2-4-12(11)27-13/h1-4,10,13H,5-9H2,(H,21,25)/t10-,13+/m0/s1. The second kappa shape index (κ2) is 6.75. The number of benzene rings is 1. The number of aryl methyl sites for hydroxylation is 1. The van der Waals surface area contributed by atoms with Gasteiger partial charge < -0.3 is 19.4 Å². The van der Waals surface area contributed by atoms with Crippen molar-refractivity contribution in [1.29, 1.82) is 0 Å². The highest BCUT2D eigenvalue weighted by Crippen LogP contribution is 2.34. The van der Waals surface area contributed by atoms with Gasteiger partial charge in [-0.05, 0) is 18.6 Å². The van der Waals surface area contributed by atoms with Gasteiger partial charge in [0.05, 0.1) is 12.5 Å². The van der Waals surface area contributed by atoms with E-state index in [1.165, 1.54) is 4.57 Å². The number of nitrogens with zero attached hydrogens (tertiary/aromatic N) is 3. The van der Waals surface area contributed by atoms with Gasteiger partial charge in [-0.25, -0.2) is 0 Å². The molecule has 0 unspecified atom stereocenters. The van der Waals surface area contributed by atoms with Crippen LogP contribution >= 0.6 is 0 Å². The molecule has 2 atom stereocenters. The van der Waals surface area contributed by atoms with E-state index in [9.17, 15) is 18.0 Å². The SMILES string of the molecule is O=C(NCc1nnc2n1C[C@@H](C(F)(F)F)CC2)[C@H]1COc2ccccc2O1. The maximum Gasteiger partial charge on any atom is 0.393 e. The Balaban J connectivity index is 1.39. The van der Waals surface area contributed by atoms with Gasteiger partial charge in [-0.2, -0.15) is 13.2 Å². The lowest BCUT2D eigenvalue weighted by molar-refractivity contribution is -0.182. The van der Waals surface area contributed by atoms with Gasteiger partial charge >= 0.3 is 6.18 Å². The fourth-order valence-electron chi connectivity index (χ4n) is 3.21.